The fourth-order valence-electron chi connectivity index (χ4n) is 4.56. The highest BCUT2D eigenvalue weighted by molar-refractivity contribution is 5.85. The number of hydrogen-bond donors (Lipinski definition) is 3. The molecule has 3 N–H and O–H groups in total. The number of fused-ring (bicyclic) bond motifs is 3. The fraction of sp³-hybridized carbons (Fsp3) is 0.464. The molecule has 1 aliphatic rings. The van der Waals surface area contributed by atoms with Gasteiger partial charge in [-0.1, -0.05) is 82.1 Å². The van der Waals surface area contributed by atoms with E-state index in [-0.39, 0.29) is 43.2 Å². The van der Waals surface area contributed by atoms with Crippen LogP contribution in [-0.4, -0.2) is 42.3 Å². The largest absolute Gasteiger partial charge is 0.481 e. The van der Waals surface area contributed by atoms with Crippen molar-refractivity contribution in [2.75, 3.05) is 13.2 Å². The number of benzene rings is 2. The molecule has 1 aliphatic carbocycles. The summed E-state index contributed by atoms with van der Waals surface area (Å²) in [6.07, 6.45) is 1.34. The minimum absolute atomic E-state index is 0.00732. The van der Waals surface area contributed by atoms with E-state index < -0.39 is 18.1 Å². The Morgan fingerprint density at radius 2 is 1.57 bits per heavy atom. The summed E-state index contributed by atoms with van der Waals surface area (Å²) in [5, 5.41) is 14.6. The van der Waals surface area contributed by atoms with Gasteiger partial charge in [-0.15, -0.1) is 0 Å². The topological polar surface area (TPSA) is 105 Å². The molecule has 7 heteroatoms. The van der Waals surface area contributed by atoms with E-state index in [1.54, 1.807) is 0 Å². The van der Waals surface area contributed by atoms with Crippen molar-refractivity contribution in [2.45, 2.75) is 58.4 Å². The summed E-state index contributed by atoms with van der Waals surface area (Å²) in [5.41, 5.74) is 4.55. The number of nitrogens with one attached hydrogen (secondary N) is 2. The molecule has 0 heterocycles. The van der Waals surface area contributed by atoms with Crippen LogP contribution >= 0.6 is 0 Å². The number of ether oxygens (including phenoxy) is 1. The Hall–Kier alpha value is -3.35. The zero-order chi connectivity index (χ0) is 25.4. The van der Waals surface area contributed by atoms with Gasteiger partial charge in [-0.3, -0.25) is 9.59 Å². The van der Waals surface area contributed by atoms with Crippen LogP contribution in [0.25, 0.3) is 11.1 Å². The summed E-state index contributed by atoms with van der Waals surface area (Å²) < 4.78 is 5.63. The number of alkyl carbamates (subject to hydrolysis) is 1. The molecule has 0 aromatic heterocycles. The van der Waals surface area contributed by atoms with Crippen LogP contribution in [-0.2, 0) is 14.3 Å². The quantitative estimate of drug-likeness (QED) is 0.399. The molecule has 0 fully saturated rings. The maximum absolute atomic E-state index is 12.9. The van der Waals surface area contributed by atoms with E-state index in [1.807, 2.05) is 45.0 Å². The third kappa shape index (κ3) is 6.84. The lowest BCUT2D eigenvalue weighted by Crippen LogP contribution is -2.48. The van der Waals surface area contributed by atoms with Gasteiger partial charge in [0.05, 0.1) is 0 Å². The van der Waals surface area contributed by atoms with Crippen LogP contribution in [0.2, 0.25) is 0 Å². The summed E-state index contributed by atoms with van der Waals surface area (Å²) in [7, 11) is 0. The first-order valence-corrected chi connectivity index (χ1v) is 12.4. The van der Waals surface area contributed by atoms with E-state index in [4.69, 9.17) is 9.84 Å². The van der Waals surface area contributed by atoms with Crippen molar-refractivity contribution in [3.8, 4) is 11.1 Å². The van der Waals surface area contributed by atoms with E-state index in [0.29, 0.717) is 12.8 Å². The molecule has 0 spiro atoms. The molecule has 0 radical (unpaired) electrons. The number of amides is 2. The summed E-state index contributed by atoms with van der Waals surface area (Å²) >= 11 is 0. The highest BCUT2D eigenvalue weighted by atomic mass is 16.5. The molecule has 3 atom stereocenters. The third-order valence-electron chi connectivity index (χ3n) is 6.89. The van der Waals surface area contributed by atoms with Crippen LogP contribution < -0.4 is 10.6 Å². The van der Waals surface area contributed by atoms with E-state index in [9.17, 15) is 14.4 Å². The molecular weight excluding hydrogens is 444 g/mol. The SMILES string of the molecule is CCC(C)CC(NC(=O)OCC1c2ccccc2-c2ccccc21)C(=O)NCC(CC)CC(=O)O. The number of carboxylic acids is 1. The third-order valence-corrected chi connectivity index (χ3v) is 6.89. The molecule has 0 saturated heterocycles. The molecule has 3 unspecified atom stereocenters. The van der Waals surface area contributed by atoms with Gasteiger partial charge in [-0.2, -0.15) is 0 Å². The molecule has 0 aliphatic heterocycles. The van der Waals surface area contributed by atoms with Crippen molar-refractivity contribution in [1.82, 2.24) is 10.6 Å². The van der Waals surface area contributed by atoms with Crippen molar-refractivity contribution < 1.29 is 24.2 Å². The van der Waals surface area contributed by atoms with E-state index in [2.05, 4.69) is 34.9 Å². The Morgan fingerprint density at radius 3 is 2.11 bits per heavy atom. The van der Waals surface area contributed by atoms with Crippen molar-refractivity contribution in [3.63, 3.8) is 0 Å². The molecule has 2 amide bonds. The molecule has 7 nitrogen and oxygen atoms in total. The van der Waals surface area contributed by atoms with Crippen molar-refractivity contribution >= 4 is 18.0 Å². The molecule has 2 aromatic carbocycles. The smallest absolute Gasteiger partial charge is 0.407 e. The normalized spacial score (nSPS) is 14.8. The van der Waals surface area contributed by atoms with E-state index in [0.717, 1.165) is 28.7 Å². The number of carbonyl (C=O) groups is 3. The molecule has 3 rings (SSSR count). The molecule has 2 aromatic rings. The maximum atomic E-state index is 12.9. The molecule has 188 valence electrons. The standard InChI is InChI=1S/C28H36N2O5/c1-4-18(3)14-25(27(33)29-16-19(5-2)15-26(31)32)30-28(34)35-17-24-22-12-8-6-10-20(22)21-11-7-9-13-23(21)24/h6-13,18-19,24-25H,4-5,14-17H2,1-3H3,(H,29,33)(H,30,34)(H,31,32). The minimum atomic E-state index is -0.890. The van der Waals surface area contributed by atoms with Gasteiger partial charge in [-0.05, 0) is 40.5 Å². The van der Waals surface area contributed by atoms with Gasteiger partial charge in [0.2, 0.25) is 5.91 Å². The zero-order valence-corrected chi connectivity index (χ0v) is 20.8. The second-order valence-corrected chi connectivity index (χ2v) is 9.39. The van der Waals surface area contributed by atoms with E-state index in [1.165, 1.54) is 0 Å². The first-order chi connectivity index (χ1) is 16.8. The molecule has 0 bridgehead atoms. The minimum Gasteiger partial charge on any atom is -0.481 e. The van der Waals surface area contributed by atoms with Crippen LogP contribution in [0.3, 0.4) is 0 Å². The second-order valence-electron chi connectivity index (χ2n) is 9.39. The van der Waals surface area contributed by atoms with Gasteiger partial charge in [-0.25, -0.2) is 4.79 Å². The fourth-order valence-corrected chi connectivity index (χ4v) is 4.56. The number of carboxylic acid groups (broad SMARTS) is 1. The van der Waals surface area contributed by atoms with Gasteiger partial charge in [0, 0.05) is 18.9 Å². The Kier molecular flexibility index (Phi) is 9.29. The number of hydrogen-bond acceptors (Lipinski definition) is 4. The van der Waals surface area contributed by atoms with Crippen molar-refractivity contribution in [1.29, 1.82) is 0 Å². The van der Waals surface area contributed by atoms with Crippen LogP contribution in [0.4, 0.5) is 4.79 Å². The highest BCUT2D eigenvalue weighted by Gasteiger charge is 2.30. The second kappa shape index (κ2) is 12.4. The lowest BCUT2D eigenvalue weighted by atomic mass is 9.98. The highest BCUT2D eigenvalue weighted by Crippen LogP contribution is 2.44. The average molecular weight is 481 g/mol. The number of rotatable bonds is 12. The van der Waals surface area contributed by atoms with Crippen LogP contribution in [0.5, 0.6) is 0 Å². The van der Waals surface area contributed by atoms with Gasteiger partial charge in [0.15, 0.2) is 0 Å². The van der Waals surface area contributed by atoms with Gasteiger partial charge >= 0.3 is 12.1 Å². The Labute approximate surface area is 207 Å². The average Bonchev–Trinajstić information content (AvgIpc) is 3.18. The summed E-state index contributed by atoms with van der Waals surface area (Å²) in [5.74, 6) is -1.20. The van der Waals surface area contributed by atoms with Gasteiger partial charge < -0.3 is 20.5 Å². The van der Waals surface area contributed by atoms with Gasteiger partial charge in [0.25, 0.3) is 0 Å². The number of carbonyl (C=O) groups excluding carboxylic acids is 2. The van der Waals surface area contributed by atoms with Crippen LogP contribution in [0, 0.1) is 11.8 Å². The zero-order valence-electron chi connectivity index (χ0n) is 20.8. The lowest BCUT2D eigenvalue weighted by molar-refractivity contribution is -0.138. The Balaban J connectivity index is 1.63. The van der Waals surface area contributed by atoms with Crippen molar-refractivity contribution in [2.24, 2.45) is 11.8 Å². The lowest BCUT2D eigenvalue weighted by Gasteiger charge is -2.23. The van der Waals surface area contributed by atoms with Crippen molar-refractivity contribution in [3.05, 3.63) is 59.7 Å². The maximum Gasteiger partial charge on any atom is 0.407 e. The first kappa shape index (κ1) is 26.3. The Bertz CT molecular complexity index is 992. The molecule has 35 heavy (non-hydrogen) atoms. The van der Waals surface area contributed by atoms with Crippen LogP contribution in [0.1, 0.15) is 63.5 Å². The monoisotopic (exact) mass is 480 g/mol. The number of aliphatic carboxylic acids is 1. The summed E-state index contributed by atoms with van der Waals surface area (Å²) in [6, 6.07) is 15.5. The van der Waals surface area contributed by atoms with Crippen LogP contribution in [0.15, 0.2) is 48.5 Å². The predicted octanol–water partition coefficient (Wildman–Crippen LogP) is 4.95. The molecular formula is C28H36N2O5. The summed E-state index contributed by atoms with van der Waals surface area (Å²) in [4.78, 5) is 36.7. The molecule has 0 saturated carbocycles. The van der Waals surface area contributed by atoms with Gasteiger partial charge in [0.1, 0.15) is 12.6 Å². The summed E-state index contributed by atoms with van der Waals surface area (Å²) in [6.45, 7) is 6.39. The predicted molar refractivity (Wildman–Crippen MR) is 135 cm³/mol. The Morgan fingerprint density at radius 1 is 0.971 bits per heavy atom. The first-order valence-electron chi connectivity index (χ1n) is 12.4. The van der Waals surface area contributed by atoms with E-state index >= 15 is 0 Å².